The average Bonchev–Trinajstić information content (AvgIpc) is 2.87. The Bertz CT molecular complexity index is 653. The molecular formula is C17H18ClNO3. The summed E-state index contributed by atoms with van der Waals surface area (Å²) in [5.41, 5.74) is 2.50. The Kier molecular flexibility index (Phi) is 4.21. The van der Waals surface area contributed by atoms with E-state index in [0.29, 0.717) is 23.4 Å². The predicted octanol–water partition coefficient (Wildman–Crippen LogP) is 3.17. The van der Waals surface area contributed by atoms with Crippen molar-refractivity contribution in [1.82, 2.24) is 5.32 Å². The molecule has 22 heavy (non-hydrogen) atoms. The van der Waals surface area contributed by atoms with Gasteiger partial charge in [0.15, 0.2) is 0 Å². The lowest BCUT2D eigenvalue weighted by molar-refractivity contribution is -0.142. The van der Waals surface area contributed by atoms with E-state index in [2.05, 4.69) is 5.32 Å². The van der Waals surface area contributed by atoms with E-state index in [0.717, 1.165) is 30.4 Å². The molecule has 0 heterocycles. The van der Waals surface area contributed by atoms with Crippen LogP contribution in [0.5, 0.6) is 0 Å². The van der Waals surface area contributed by atoms with Gasteiger partial charge in [-0.2, -0.15) is 0 Å². The van der Waals surface area contributed by atoms with Crippen molar-refractivity contribution in [1.29, 1.82) is 0 Å². The van der Waals surface area contributed by atoms with Crippen LogP contribution in [0.3, 0.4) is 0 Å². The highest BCUT2D eigenvalue weighted by Crippen LogP contribution is 2.37. The lowest BCUT2D eigenvalue weighted by Crippen LogP contribution is -2.35. The van der Waals surface area contributed by atoms with E-state index in [1.54, 1.807) is 0 Å². The molecule has 0 bridgehead atoms. The zero-order chi connectivity index (χ0) is 15.7. The van der Waals surface area contributed by atoms with E-state index < -0.39 is 17.9 Å². The number of hydrogen-bond acceptors (Lipinski definition) is 2. The van der Waals surface area contributed by atoms with Crippen LogP contribution in [0, 0.1) is 5.92 Å². The number of fused-ring (bicyclic) bond motifs is 1. The number of aliphatic carboxylic acids is 1. The molecule has 2 aliphatic rings. The molecule has 1 aromatic rings. The Morgan fingerprint density at radius 2 is 1.91 bits per heavy atom. The monoisotopic (exact) mass is 319 g/mol. The first-order valence-corrected chi connectivity index (χ1v) is 7.94. The summed E-state index contributed by atoms with van der Waals surface area (Å²) in [4.78, 5) is 24.0. The van der Waals surface area contributed by atoms with Crippen LogP contribution in [0.4, 0.5) is 0 Å². The molecule has 2 atom stereocenters. The Morgan fingerprint density at radius 1 is 1.18 bits per heavy atom. The Morgan fingerprint density at radius 3 is 2.64 bits per heavy atom. The van der Waals surface area contributed by atoms with Gasteiger partial charge in [0.05, 0.1) is 12.0 Å². The van der Waals surface area contributed by atoms with Gasteiger partial charge in [0.25, 0.3) is 0 Å². The SMILES string of the molecule is O=C(NC1c2ccccc2CC1C(=O)O)C1=C(Cl)CCCC1. The molecule has 0 saturated heterocycles. The minimum Gasteiger partial charge on any atom is -0.481 e. The zero-order valence-corrected chi connectivity index (χ0v) is 12.9. The van der Waals surface area contributed by atoms with E-state index in [1.165, 1.54) is 0 Å². The fourth-order valence-electron chi connectivity index (χ4n) is 3.34. The van der Waals surface area contributed by atoms with Crippen molar-refractivity contribution in [2.24, 2.45) is 5.92 Å². The first-order chi connectivity index (χ1) is 10.6. The fourth-order valence-corrected chi connectivity index (χ4v) is 3.65. The van der Waals surface area contributed by atoms with E-state index >= 15 is 0 Å². The van der Waals surface area contributed by atoms with Gasteiger partial charge >= 0.3 is 5.97 Å². The molecule has 0 spiro atoms. The molecule has 1 amide bonds. The first kappa shape index (κ1) is 15.1. The van der Waals surface area contributed by atoms with Crippen molar-refractivity contribution in [2.45, 2.75) is 38.1 Å². The quantitative estimate of drug-likeness (QED) is 0.899. The largest absolute Gasteiger partial charge is 0.481 e. The van der Waals surface area contributed by atoms with Crippen molar-refractivity contribution in [3.05, 3.63) is 46.0 Å². The summed E-state index contributed by atoms with van der Waals surface area (Å²) in [5, 5.41) is 13.0. The van der Waals surface area contributed by atoms with Crippen LogP contribution >= 0.6 is 11.6 Å². The van der Waals surface area contributed by atoms with Gasteiger partial charge < -0.3 is 10.4 Å². The van der Waals surface area contributed by atoms with Crippen LogP contribution in [0.2, 0.25) is 0 Å². The summed E-state index contributed by atoms with van der Waals surface area (Å²) in [5.74, 6) is -1.73. The summed E-state index contributed by atoms with van der Waals surface area (Å²) in [7, 11) is 0. The second kappa shape index (κ2) is 6.13. The smallest absolute Gasteiger partial charge is 0.309 e. The number of carboxylic acids is 1. The molecule has 0 aromatic heterocycles. The van der Waals surface area contributed by atoms with Crippen molar-refractivity contribution >= 4 is 23.5 Å². The fraction of sp³-hybridized carbons (Fsp3) is 0.412. The Hall–Kier alpha value is -1.81. The number of allylic oxidation sites excluding steroid dienone is 1. The highest BCUT2D eigenvalue weighted by atomic mass is 35.5. The number of rotatable bonds is 3. The van der Waals surface area contributed by atoms with Gasteiger partial charge in [-0.25, -0.2) is 0 Å². The third-order valence-corrected chi connectivity index (χ3v) is 4.93. The van der Waals surface area contributed by atoms with Crippen LogP contribution in [-0.2, 0) is 16.0 Å². The topological polar surface area (TPSA) is 66.4 Å². The van der Waals surface area contributed by atoms with Crippen LogP contribution in [0.25, 0.3) is 0 Å². The summed E-state index contributed by atoms with van der Waals surface area (Å²) >= 11 is 6.16. The van der Waals surface area contributed by atoms with Crippen LogP contribution in [0.15, 0.2) is 34.9 Å². The van der Waals surface area contributed by atoms with Gasteiger partial charge in [-0.05, 0) is 43.2 Å². The Balaban J connectivity index is 1.86. The normalized spacial score (nSPS) is 24.0. The molecule has 116 valence electrons. The van der Waals surface area contributed by atoms with E-state index in [-0.39, 0.29) is 5.91 Å². The maximum atomic E-state index is 12.5. The molecular weight excluding hydrogens is 302 g/mol. The first-order valence-electron chi connectivity index (χ1n) is 7.57. The molecule has 0 fully saturated rings. The standard InChI is InChI=1S/C17H18ClNO3/c18-14-8-4-3-7-12(14)16(20)19-15-11-6-2-1-5-10(11)9-13(15)17(21)22/h1-2,5-6,13,15H,3-4,7-9H2,(H,19,20)(H,21,22). The van der Waals surface area contributed by atoms with Gasteiger partial charge in [-0.15, -0.1) is 0 Å². The van der Waals surface area contributed by atoms with Crippen LogP contribution in [0.1, 0.15) is 42.9 Å². The molecule has 4 nitrogen and oxygen atoms in total. The van der Waals surface area contributed by atoms with Crippen LogP contribution < -0.4 is 5.32 Å². The summed E-state index contributed by atoms with van der Waals surface area (Å²) in [6.45, 7) is 0. The summed E-state index contributed by atoms with van der Waals surface area (Å²) in [6, 6.07) is 7.09. The van der Waals surface area contributed by atoms with Crippen molar-refractivity contribution in [3.8, 4) is 0 Å². The lowest BCUT2D eigenvalue weighted by Gasteiger charge is -2.22. The minimum absolute atomic E-state index is 0.224. The lowest BCUT2D eigenvalue weighted by atomic mass is 9.96. The third-order valence-electron chi connectivity index (χ3n) is 4.51. The summed E-state index contributed by atoms with van der Waals surface area (Å²) < 4.78 is 0. The number of carbonyl (C=O) groups is 2. The molecule has 2 unspecified atom stereocenters. The molecule has 5 heteroatoms. The number of nitrogens with one attached hydrogen (secondary N) is 1. The molecule has 0 aliphatic heterocycles. The molecule has 1 aromatic carbocycles. The molecule has 2 N–H and O–H groups in total. The second-order valence-corrected chi connectivity index (χ2v) is 6.35. The van der Waals surface area contributed by atoms with Gasteiger partial charge in [-0.3, -0.25) is 9.59 Å². The number of amides is 1. The predicted molar refractivity (Wildman–Crippen MR) is 83.5 cm³/mol. The highest BCUT2D eigenvalue weighted by Gasteiger charge is 2.38. The third kappa shape index (κ3) is 2.75. The Labute approximate surface area is 134 Å². The average molecular weight is 320 g/mol. The number of halogens is 1. The minimum atomic E-state index is -0.884. The number of carbonyl (C=O) groups excluding carboxylic acids is 1. The number of benzene rings is 1. The maximum Gasteiger partial charge on any atom is 0.309 e. The van der Waals surface area contributed by atoms with Crippen molar-refractivity contribution < 1.29 is 14.7 Å². The molecule has 0 radical (unpaired) electrons. The number of hydrogen-bond donors (Lipinski definition) is 2. The van der Waals surface area contributed by atoms with Gasteiger partial charge in [-0.1, -0.05) is 35.9 Å². The van der Waals surface area contributed by atoms with E-state index in [9.17, 15) is 14.7 Å². The van der Waals surface area contributed by atoms with E-state index in [1.807, 2.05) is 24.3 Å². The molecule has 0 saturated carbocycles. The highest BCUT2D eigenvalue weighted by molar-refractivity contribution is 6.32. The van der Waals surface area contributed by atoms with Gasteiger partial charge in [0, 0.05) is 10.6 Å². The van der Waals surface area contributed by atoms with E-state index in [4.69, 9.17) is 11.6 Å². The van der Waals surface area contributed by atoms with Crippen molar-refractivity contribution in [2.75, 3.05) is 0 Å². The van der Waals surface area contributed by atoms with Crippen molar-refractivity contribution in [3.63, 3.8) is 0 Å². The second-order valence-electron chi connectivity index (χ2n) is 5.89. The number of carboxylic acid groups (broad SMARTS) is 1. The molecule has 2 aliphatic carbocycles. The maximum absolute atomic E-state index is 12.5. The zero-order valence-electron chi connectivity index (χ0n) is 12.1. The summed E-state index contributed by atoms with van der Waals surface area (Å²) in [6.07, 6.45) is 3.79. The molecule has 3 rings (SSSR count). The van der Waals surface area contributed by atoms with Crippen LogP contribution in [-0.4, -0.2) is 17.0 Å². The van der Waals surface area contributed by atoms with Gasteiger partial charge in [0.2, 0.25) is 5.91 Å². The van der Waals surface area contributed by atoms with Gasteiger partial charge in [0.1, 0.15) is 0 Å².